The third kappa shape index (κ3) is 18.3. The summed E-state index contributed by atoms with van der Waals surface area (Å²) >= 11 is 0. The average molecular weight is 89.8 g/mol. The number of rotatable bonds is 0. The van der Waals surface area contributed by atoms with E-state index in [-0.39, 0.29) is 37.4 Å². The Morgan fingerprint density at radius 2 is 1.50 bits per heavy atom. The van der Waals surface area contributed by atoms with Crippen molar-refractivity contribution in [3.05, 3.63) is 6.57 Å². The Morgan fingerprint density at radius 1 is 1.50 bits per heavy atom. The molecule has 0 radical (unpaired) electrons. The van der Waals surface area contributed by atoms with Gasteiger partial charge in [-0.15, -0.1) is 0 Å². The molecule has 0 aromatic rings. The van der Waals surface area contributed by atoms with Gasteiger partial charge in [-0.25, -0.2) is 0 Å². The van der Waals surface area contributed by atoms with Crippen LogP contribution in [0.5, 0.6) is 0 Å². The molecule has 1 nitrogen and oxygen atoms in total. The monoisotopic (exact) mass is 90.0 g/mol. The van der Waals surface area contributed by atoms with Gasteiger partial charge in [-0.2, -0.15) is 0 Å². The summed E-state index contributed by atoms with van der Waals surface area (Å²) in [6, 6.07) is 0. The predicted molar refractivity (Wildman–Crippen MR) is 6.08 cm³/mol. The van der Waals surface area contributed by atoms with E-state index >= 15 is 0 Å². The summed E-state index contributed by atoms with van der Waals surface area (Å²) in [6.07, 6.45) is 0. The molecule has 0 aromatic heterocycles. The van der Waals surface area contributed by atoms with Crippen molar-refractivity contribution in [2.75, 3.05) is 0 Å². The van der Waals surface area contributed by atoms with Crippen molar-refractivity contribution in [3.8, 4) is 0 Å². The Bertz CT molecular complexity index is 16.4. The van der Waals surface area contributed by atoms with Gasteiger partial charge in [0.05, 0.1) is 0 Å². The molecule has 0 spiro atoms. The normalized spacial score (nSPS) is 0.500. The molecule has 0 aliphatic rings. The van der Waals surface area contributed by atoms with Crippen molar-refractivity contribution >= 4 is 0 Å². The van der Waals surface area contributed by atoms with Crippen LogP contribution in [0.1, 0.15) is 1.43 Å². The van der Waals surface area contributed by atoms with Crippen LogP contribution in [0.25, 0.3) is 0 Å². The third-order valence-corrected chi connectivity index (χ3v) is 0. The van der Waals surface area contributed by atoms with E-state index in [2.05, 4.69) is 0 Å². The van der Waals surface area contributed by atoms with Crippen LogP contribution < -0.4 is 18.9 Å². The van der Waals surface area contributed by atoms with Crippen molar-refractivity contribution in [1.82, 2.24) is 0 Å². The van der Waals surface area contributed by atoms with Crippen LogP contribution in [0.2, 0.25) is 0 Å². The first-order chi connectivity index (χ1) is 1.00. The number of hydrogen-bond acceptors (Lipinski definition) is 1. The summed E-state index contributed by atoms with van der Waals surface area (Å²) in [5, 5.41) is 6.25. The summed E-state index contributed by atoms with van der Waals surface area (Å²) < 4.78 is 0. The largest absolute Gasteiger partial charge is 1.00 e. The molecule has 0 aromatic carbocycles. The fourth-order valence-electron chi connectivity index (χ4n) is 0. The van der Waals surface area contributed by atoms with Gasteiger partial charge < -0.3 is 13.3 Å². The molecule has 0 N–H and O–H groups in total. The zero-order valence-corrected chi connectivity index (χ0v) is 3.40. The van der Waals surface area contributed by atoms with Crippen LogP contribution in [0.4, 0.5) is 0 Å². The molecule has 0 aliphatic heterocycles. The smallest absolute Gasteiger partial charge is 1.00 e. The van der Waals surface area contributed by atoms with Crippen molar-refractivity contribution < 1.29 is 37.4 Å². The van der Waals surface area contributed by atoms with E-state index in [9.17, 15) is 0 Å². The minimum Gasteiger partial charge on any atom is -1.00 e. The Hall–Kier alpha value is 0.607. The molecule has 0 saturated carbocycles. The van der Waals surface area contributed by atoms with Gasteiger partial charge in [0.2, 0.25) is 0 Å². The topological polar surface area (TPSA) is 23.8 Å². The van der Waals surface area contributed by atoms with E-state index in [1.807, 2.05) is 0 Å². The first-order valence-electron chi connectivity index (χ1n) is 0.224. The zero-order chi connectivity index (χ0) is 2.00. The van der Waals surface area contributed by atoms with Gasteiger partial charge in [0.15, 0.2) is 0 Å². The molecule has 20 valence electrons. The SMILES string of the molecule is [C-]#N.[Fe].[H-].[Li+]. The minimum atomic E-state index is 0. The van der Waals surface area contributed by atoms with Crippen LogP contribution in [0.3, 0.4) is 0 Å². The molecule has 0 amide bonds. The Balaban J connectivity index is -0.00000000167. The van der Waals surface area contributed by atoms with Crippen molar-refractivity contribution in [1.29, 1.82) is 5.26 Å². The maximum Gasteiger partial charge on any atom is 1.00 e. The standard InChI is InChI=1S/CN.Fe.Li.H/c1-2;;;/q-1;;+1;-1. The zero-order valence-electron chi connectivity index (χ0n) is 3.30. The Morgan fingerprint density at radius 3 is 1.50 bits per heavy atom. The van der Waals surface area contributed by atoms with E-state index in [0.29, 0.717) is 0 Å². The molecule has 0 saturated heterocycles. The van der Waals surface area contributed by atoms with Gasteiger partial charge in [-0.05, 0) is 0 Å². The molecular formula is CHFeLiN-. The van der Waals surface area contributed by atoms with Gasteiger partial charge in [0.25, 0.3) is 0 Å². The van der Waals surface area contributed by atoms with Crippen molar-refractivity contribution in [2.45, 2.75) is 0 Å². The summed E-state index contributed by atoms with van der Waals surface area (Å²) in [6.45, 7) is 4.75. The second-order valence-electron chi connectivity index (χ2n) is 0. The van der Waals surface area contributed by atoms with Crippen LogP contribution >= 0.6 is 0 Å². The summed E-state index contributed by atoms with van der Waals surface area (Å²) in [5.74, 6) is 0. The summed E-state index contributed by atoms with van der Waals surface area (Å²) in [5.41, 5.74) is 0. The maximum absolute atomic E-state index is 6.25. The van der Waals surface area contributed by atoms with Gasteiger partial charge in [-0.3, -0.25) is 0 Å². The Kier molecular flexibility index (Phi) is 386. The first kappa shape index (κ1) is 23.2. The molecule has 0 aliphatic carbocycles. The van der Waals surface area contributed by atoms with E-state index in [1.165, 1.54) is 0 Å². The molecule has 4 heavy (non-hydrogen) atoms. The molecule has 0 bridgehead atoms. The van der Waals surface area contributed by atoms with Gasteiger partial charge in [0, 0.05) is 17.1 Å². The molecule has 3 heteroatoms. The molecule has 0 atom stereocenters. The van der Waals surface area contributed by atoms with Crippen molar-refractivity contribution in [2.24, 2.45) is 0 Å². The van der Waals surface area contributed by atoms with Gasteiger partial charge in [0.1, 0.15) is 0 Å². The van der Waals surface area contributed by atoms with Crippen LogP contribution in [-0.2, 0) is 17.1 Å². The molecular weight excluding hydrogens is 88.8 g/mol. The molecule has 0 heterocycles. The first-order valence-corrected chi connectivity index (χ1v) is 0.224. The number of hydrogen-bond donors (Lipinski definition) is 0. The van der Waals surface area contributed by atoms with Gasteiger partial charge >= 0.3 is 18.9 Å². The van der Waals surface area contributed by atoms with Crippen LogP contribution in [-0.4, -0.2) is 0 Å². The van der Waals surface area contributed by atoms with Crippen LogP contribution in [0.15, 0.2) is 0 Å². The second-order valence-corrected chi connectivity index (χ2v) is 0. The Labute approximate surface area is 49.5 Å². The number of nitrogens with zero attached hydrogens (tertiary/aromatic N) is 1. The minimum absolute atomic E-state index is 0. The van der Waals surface area contributed by atoms with E-state index in [1.54, 1.807) is 0 Å². The quantitative estimate of drug-likeness (QED) is 0.233. The average Bonchev–Trinajstić information content (AvgIpc) is 1.00. The fraction of sp³-hybridized carbons (Fsp3) is 0. The van der Waals surface area contributed by atoms with E-state index < -0.39 is 0 Å². The van der Waals surface area contributed by atoms with E-state index in [0.717, 1.165) is 0 Å². The molecule has 0 rings (SSSR count). The second kappa shape index (κ2) is 66.6. The summed E-state index contributed by atoms with van der Waals surface area (Å²) in [4.78, 5) is 0. The van der Waals surface area contributed by atoms with Crippen LogP contribution in [0, 0.1) is 11.8 Å². The molecule has 0 unspecified atom stereocenters. The molecule has 0 fully saturated rings. The fourth-order valence-corrected chi connectivity index (χ4v) is 0. The van der Waals surface area contributed by atoms with Crippen molar-refractivity contribution in [3.63, 3.8) is 0 Å². The predicted octanol–water partition coefficient (Wildman–Crippen LogP) is -2.79. The summed E-state index contributed by atoms with van der Waals surface area (Å²) in [7, 11) is 0. The third-order valence-electron chi connectivity index (χ3n) is 0. The van der Waals surface area contributed by atoms with E-state index in [4.69, 9.17) is 11.8 Å². The van der Waals surface area contributed by atoms with Gasteiger partial charge in [-0.1, -0.05) is 0 Å². The maximum atomic E-state index is 6.25.